The summed E-state index contributed by atoms with van der Waals surface area (Å²) < 4.78 is 31.3. The third-order valence-electron chi connectivity index (χ3n) is 6.30. The quantitative estimate of drug-likeness (QED) is 0.280. The Kier molecular flexibility index (Phi) is 10.5. The van der Waals surface area contributed by atoms with Crippen LogP contribution in [-0.2, 0) is 21.2 Å². The van der Waals surface area contributed by atoms with Crippen LogP contribution in [0.25, 0.3) is 0 Å². The number of aromatic nitrogens is 2. The van der Waals surface area contributed by atoms with Crippen LogP contribution in [-0.4, -0.2) is 83.8 Å². The number of rotatable bonds is 13. The maximum absolute atomic E-state index is 12.3. The fraction of sp³-hybridized carbons (Fsp3) is 0.321. The van der Waals surface area contributed by atoms with E-state index in [0.29, 0.717) is 40.1 Å². The van der Waals surface area contributed by atoms with Crippen LogP contribution >= 0.6 is 11.6 Å². The van der Waals surface area contributed by atoms with Crippen molar-refractivity contribution in [3.05, 3.63) is 71.5 Å². The van der Waals surface area contributed by atoms with Gasteiger partial charge in [0.1, 0.15) is 5.75 Å². The lowest BCUT2D eigenvalue weighted by Crippen LogP contribution is -2.29. The summed E-state index contributed by atoms with van der Waals surface area (Å²) in [6, 6.07) is 10.7. The monoisotopic (exact) mass is 601 g/mol. The largest absolute Gasteiger partial charge is 0.494 e. The number of sulfonamides is 1. The predicted octanol–water partition coefficient (Wildman–Crippen LogP) is 3.99. The summed E-state index contributed by atoms with van der Waals surface area (Å²) in [6.45, 7) is 5.07. The number of para-hydroxylation sites is 1. The number of anilines is 5. The Balaban J connectivity index is 1.99. The SMILES string of the molecule is C=CC(=O)Nc1cc(Nc2ncc(Cl)c(Cc3ccccc3N(C)S(C)(=O)=O)n2)c(OC)cc1N(C)CCN(C)C. The summed E-state index contributed by atoms with van der Waals surface area (Å²) in [5.41, 5.74) is 3.57. The topological polar surface area (TPSA) is 120 Å². The minimum atomic E-state index is -3.47. The summed E-state index contributed by atoms with van der Waals surface area (Å²) >= 11 is 6.46. The molecule has 0 saturated carbocycles. The van der Waals surface area contributed by atoms with E-state index in [1.165, 1.54) is 23.6 Å². The maximum atomic E-state index is 12.3. The predicted molar refractivity (Wildman–Crippen MR) is 166 cm³/mol. The van der Waals surface area contributed by atoms with E-state index in [0.717, 1.165) is 24.1 Å². The van der Waals surface area contributed by atoms with Gasteiger partial charge in [-0.15, -0.1) is 0 Å². The number of benzene rings is 2. The number of ether oxygens (including phenoxy) is 1. The molecule has 1 aromatic heterocycles. The molecule has 3 rings (SSSR count). The van der Waals surface area contributed by atoms with Crippen molar-refractivity contribution < 1.29 is 17.9 Å². The van der Waals surface area contributed by atoms with Crippen LogP contribution in [0, 0.1) is 0 Å². The highest BCUT2D eigenvalue weighted by Crippen LogP contribution is 2.38. The standard InChI is InChI=1S/C28H36ClN7O4S/c1-8-27(37)31-22-16-23(26(40-6)17-25(22)35(4)14-13-34(2)3)33-28-30-18-20(29)21(32-28)15-19-11-9-10-12-24(19)36(5)41(7,38)39/h8-12,16-18H,1,13-15H2,2-7H3,(H,31,37)(H,30,32,33). The van der Waals surface area contributed by atoms with Gasteiger partial charge in [-0.3, -0.25) is 9.10 Å². The Labute approximate surface area is 246 Å². The first kappa shape index (κ1) is 31.7. The fourth-order valence-corrected chi connectivity index (χ4v) is 4.63. The van der Waals surface area contributed by atoms with Gasteiger partial charge in [0, 0.05) is 39.7 Å². The van der Waals surface area contributed by atoms with Crippen molar-refractivity contribution in [3.63, 3.8) is 0 Å². The lowest BCUT2D eigenvalue weighted by molar-refractivity contribution is -0.111. The molecule has 1 heterocycles. The van der Waals surface area contributed by atoms with Gasteiger partial charge in [-0.25, -0.2) is 18.4 Å². The van der Waals surface area contributed by atoms with E-state index in [4.69, 9.17) is 16.3 Å². The van der Waals surface area contributed by atoms with Crippen molar-refractivity contribution >= 4 is 56.2 Å². The van der Waals surface area contributed by atoms with E-state index in [1.807, 2.05) is 44.2 Å². The van der Waals surface area contributed by atoms with Gasteiger partial charge in [0.25, 0.3) is 0 Å². The first-order valence-electron chi connectivity index (χ1n) is 12.7. The number of carbonyl (C=O) groups is 1. The minimum Gasteiger partial charge on any atom is -0.494 e. The van der Waals surface area contributed by atoms with Crippen LogP contribution in [0.4, 0.5) is 28.7 Å². The van der Waals surface area contributed by atoms with Crippen LogP contribution < -0.4 is 24.6 Å². The van der Waals surface area contributed by atoms with Crippen LogP contribution in [0.1, 0.15) is 11.3 Å². The third-order valence-corrected chi connectivity index (χ3v) is 7.81. The third kappa shape index (κ3) is 8.32. The lowest BCUT2D eigenvalue weighted by Gasteiger charge is -2.26. The Hall–Kier alpha value is -3.87. The second kappa shape index (κ2) is 13.7. The molecule has 2 N–H and O–H groups in total. The molecule has 0 aliphatic carbocycles. The first-order chi connectivity index (χ1) is 19.3. The van der Waals surface area contributed by atoms with Gasteiger partial charge < -0.3 is 25.2 Å². The second-order valence-electron chi connectivity index (χ2n) is 9.64. The highest BCUT2D eigenvalue weighted by atomic mass is 35.5. The second-order valence-corrected chi connectivity index (χ2v) is 12.1. The number of methoxy groups -OCH3 is 1. The number of likely N-dealkylation sites (N-methyl/N-ethyl adjacent to an activating group) is 2. The van der Waals surface area contributed by atoms with Crippen LogP contribution in [0.15, 0.2) is 55.3 Å². The molecular formula is C28H36ClN7O4S. The zero-order chi connectivity index (χ0) is 30.3. The summed E-state index contributed by atoms with van der Waals surface area (Å²) in [5.74, 6) is 0.394. The number of nitrogens with zero attached hydrogens (tertiary/aromatic N) is 5. The minimum absolute atomic E-state index is 0.242. The number of halogens is 1. The van der Waals surface area contributed by atoms with Crippen molar-refractivity contribution in [2.75, 3.05) is 74.5 Å². The molecule has 0 aliphatic rings. The zero-order valence-corrected chi connectivity index (χ0v) is 25.7. The van der Waals surface area contributed by atoms with E-state index in [-0.39, 0.29) is 18.3 Å². The zero-order valence-electron chi connectivity index (χ0n) is 24.1. The van der Waals surface area contributed by atoms with Crippen LogP contribution in [0.3, 0.4) is 0 Å². The average Bonchev–Trinajstić information content (AvgIpc) is 2.93. The normalized spacial score (nSPS) is 11.2. The summed E-state index contributed by atoms with van der Waals surface area (Å²) in [5, 5.41) is 6.37. The van der Waals surface area contributed by atoms with Crippen molar-refractivity contribution in [1.29, 1.82) is 0 Å². The van der Waals surface area contributed by atoms with E-state index < -0.39 is 10.0 Å². The van der Waals surface area contributed by atoms with Gasteiger partial charge >= 0.3 is 0 Å². The molecule has 0 saturated heterocycles. The number of carbonyl (C=O) groups excluding carboxylic acids is 1. The van der Waals surface area contributed by atoms with Gasteiger partial charge in [-0.1, -0.05) is 36.4 Å². The van der Waals surface area contributed by atoms with E-state index in [1.54, 1.807) is 25.3 Å². The molecule has 3 aromatic rings. The molecule has 0 radical (unpaired) electrons. The van der Waals surface area contributed by atoms with E-state index in [2.05, 4.69) is 32.1 Å². The summed E-state index contributed by atoms with van der Waals surface area (Å²) in [7, 11) is 5.49. The highest BCUT2D eigenvalue weighted by Gasteiger charge is 2.19. The van der Waals surface area contributed by atoms with Crippen LogP contribution in [0.5, 0.6) is 5.75 Å². The van der Waals surface area contributed by atoms with Crippen LogP contribution in [0.2, 0.25) is 5.02 Å². The lowest BCUT2D eigenvalue weighted by atomic mass is 10.1. The number of nitrogens with one attached hydrogen (secondary N) is 2. The smallest absolute Gasteiger partial charge is 0.247 e. The summed E-state index contributed by atoms with van der Waals surface area (Å²) in [4.78, 5) is 25.3. The molecule has 11 nitrogen and oxygen atoms in total. The Morgan fingerprint density at radius 2 is 1.80 bits per heavy atom. The molecule has 0 aliphatic heterocycles. The molecule has 0 unspecified atom stereocenters. The van der Waals surface area contributed by atoms with Gasteiger partial charge in [0.15, 0.2) is 0 Å². The molecular weight excluding hydrogens is 566 g/mol. The van der Waals surface area contributed by atoms with Crippen molar-refractivity contribution in [2.45, 2.75) is 6.42 Å². The Morgan fingerprint density at radius 3 is 2.44 bits per heavy atom. The molecule has 0 spiro atoms. The van der Waals surface area contributed by atoms with Crippen molar-refractivity contribution in [1.82, 2.24) is 14.9 Å². The Bertz CT molecular complexity index is 1520. The highest BCUT2D eigenvalue weighted by molar-refractivity contribution is 7.92. The molecule has 220 valence electrons. The number of hydrogen-bond donors (Lipinski definition) is 2. The van der Waals surface area contributed by atoms with Gasteiger partial charge in [-0.2, -0.15) is 0 Å². The van der Waals surface area contributed by atoms with Gasteiger partial charge in [0.05, 0.1) is 53.0 Å². The summed E-state index contributed by atoms with van der Waals surface area (Å²) in [6.07, 6.45) is 4.09. The molecule has 13 heteroatoms. The molecule has 0 atom stereocenters. The maximum Gasteiger partial charge on any atom is 0.247 e. The number of amides is 1. The van der Waals surface area contributed by atoms with Crippen molar-refractivity contribution in [2.24, 2.45) is 0 Å². The molecule has 2 aromatic carbocycles. The molecule has 1 amide bonds. The van der Waals surface area contributed by atoms with E-state index >= 15 is 0 Å². The molecule has 41 heavy (non-hydrogen) atoms. The van der Waals surface area contributed by atoms with Gasteiger partial charge in [-0.05, 0) is 37.9 Å². The molecule has 0 fully saturated rings. The first-order valence-corrected chi connectivity index (χ1v) is 14.9. The van der Waals surface area contributed by atoms with E-state index in [9.17, 15) is 13.2 Å². The average molecular weight is 602 g/mol. The Morgan fingerprint density at radius 1 is 1.10 bits per heavy atom. The fourth-order valence-electron chi connectivity index (χ4n) is 3.94. The number of hydrogen-bond acceptors (Lipinski definition) is 9. The van der Waals surface area contributed by atoms with Crippen molar-refractivity contribution in [3.8, 4) is 5.75 Å². The molecule has 0 bridgehead atoms. The van der Waals surface area contributed by atoms with Gasteiger partial charge in [0.2, 0.25) is 21.9 Å².